The molecule has 4 heteroatoms. The van der Waals surface area contributed by atoms with Crippen LogP contribution in [-0.2, 0) is 0 Å². The maximum absolute atomic E-state index is 12.9. The van der Waals surface area contributed by atoms with Gasteiger partial charge in [-0.25, -0.2) is 9.37 Å². The van der Waals surface area contributed by atoms with Gasteiger partial charge in [-0.15, -0.1) is 0 Å². The van der Waals surface area contributed by atoms with Crippen LogP contribution in [0.15, 0.2) is 48.8 Å². The fraction of sp³-hybridized carbons (Fsp3) is 0.0667. The van der Waals surface area contributed by atoms with Crippen LogP contribution in [0.25, 0.3) is 22.6 Å². The lowest BCUT2D eigenvalue weighted by molar-refractivity contribution is 0.628. The third kappa shape index (κ3) is 2.25. The molecule has 0 fully saturated rings. The molecule has 0 spiro atoms. The van der Waals surface area contributed by atoms with Gasteiger partial charge in [0.25, 0.3) is 0 Å². The third-order valence-corrected chi connectivity index (χ3v) is 2.97. The largest absolute Gasteiger partial charge is 0.338 e. The second-order valence-corrected chi connectivity index (χ2v) is 4.29. The highest BCUT2D eigenvalue weighted by Crippen LogP contribution is 2.25. The summed E-state index contributed by atoms with van der Waals surface area (Å²) in [6, 6.07) is 10.1. The minimum absolute atomic E-state index is 0.249. The van der Waals surface area contributed by atoms with Gasteiger partial charge < -0.3 is 4.98 Å². The summed E-state index contributed by atoms with van der Waals surface area (Å²) in [7, 11) is 0. The summed E-state index contributed by atoms with van der Waals surface area (Å²) in [6.07, 6.45) is 3.49. The molecule has 0 aliphatic heterocycles. The van der Waals surface area contributed by atoms with Crippen molar-refractivity contribution < 1.29 is 4.39 Å². The van der Waals surface area contributed by atoms with Crippen molar-refractivity contribution in [3.8, 4) is 22.6 Å². The molecule has 0 unspecified atom stereocenters. The first kappa shape index (κ1) is 11.6. The van der Waals surface area contributed by atoms with Crippen molar-refractivity contribution in [1.82, 2.24) is 15.0 Å². The van der Waals surface area contributed by atoms with Crippen molar-refractivity contribution in [2.75, 3.05) is 0 Å². The highest BCUT2D eigenvalue weighted by Gasteiger charge is 2.09. The molecule has 0 aliphatic rings. The number of imidazole rings is 1. The van der Waals surface area contributed by atoms with Crippen molar-refractivity contribution in [1.29, 1.82) is 0 Å². The van der Waals surface area contributed by atoms with E-state index < -0.39 is 0 Å². The fourth-order valence-corrected chi connectivity index (χ4v) is 2.00. The molecule has 0 saturated heterocycles. The molecule has 3 aromatic rings. The highest BCUT2D eigenvalue weighted by atomic mass is 19.1. The Kier molecular flexibility index (Phi) is 2.83. The van der Waals surface area contributed by atoms with E-state index in [1.807, 2.05) is 19.1 Å². The first-order valence-electron chi connectivity index (χ1n) is 5.97. The van der Waals surface area contributed by atoms with Crippen molar-refractivity contribution in [3.63, 3.8) is 0 Å². The van der Waals surface area contributed by atoms with Crippen LogP contribution in [-0.4, -0.2) is 15.0 Å². The van der Waals surface area contributed by atoms with Gasteiger partial charge in [-0.2, -0.15) is 0 Å². The van der Waals surface area contributed by atoms with E-state index in [0.717, 1.165) is 28.3 Å². The summed E-state index contributed by atoms with van der Waals surface area (Å²) in [5, 5.41) is 0. The van der Waals surface area contributed by atoms with E-state index >= 15 is 0 Å². The van der Waals surface area contributed by atoms with E-state index in [1.165, 1.54) is 12.1 Å². The predicted octanol–water partition coefficient (Wildman–Crippen LogP) is 3.59. The van der Waals surface area contributed by atoms with Gasteiger partial charge in [0, 0.05) is 23.5 Å². The van der Waals surface area contributed by atoms with Crippen LogP contribution in [0.1, 0.15) is 5.69 Å². The summed E-state index contributed by atoms with van der Waals surface area (Å²) in [4.78, 5) is 11.8. The molecule has 1 aromatic carbocycles. The number of halogens is 1. The maximum atomic E-state index is 12.9. The van der Waals surface area contributed by atoms with Crippen LogP contribution < -0.4 is 0 Å². The summed E-state index contributed by atoms with van der Waals surface area (Å²) >= 11 is 0. The molecule has 19 heavy (non-hydrogen) atoms. The fourth-order valence-electron chi connectivity index (χ4n) is 2.00. The van der Waals surface area contributed by atoms with Gasteiger partial charge >= 0.3 is 0 Å². The Balaban J connectivity index is 2.04. The minimum atomic E-state index is -0.249. The Morgan fingerprint density at radius 2 is 1.63 bits per heavy atom. The highest BCUT2D eigenvalue weighted by molar-refractivity contribution is 5.66. The van der Waals surface area contributed by atoms with Crippen LogP contribution >= 0.6 is 0 Å². The lowest BCUT2D eigenvalue weighted by atomic mass is 10.2. The van der Waals surface area contributed by atoms with E-state index in [-0.39, 0.29) is 5.82 Å². The number of nitrogens with zero attached hydrogens (tertiary/aromatic N) is 2. The zero-order valence-corrected chi connectivity index (χ0v) is 10.4. The second-order valence-electron chi connectivity index (χ2n) is 4.29. The number of hydrogen-bond donors (Lipinski definition) is 1. The minimum Gasteiger partial charge on any atom is -0.338 e. The van der Waals surface area contributed by atoms with E-state index in [4.69, 9.17) is 0 Å². The third-order valence-electron chi connectivity index (χ3n) is 2.97. The summed E-state index contributed by atoms with van der Waals surface area (Å²) in [5.74, 6) is 0.491. The maximum Gasteiger partial charge on any atom is 0.138 e. The molecule has 3 rings (SSSR count). The lowest BCUT2D eigenvalue weighted by Gasteiger charge is -1.98. The molecular weight excluding hydrogens is 241 g/mol. The second kappa shape index (κ2) is 4.65. The molecule has 0 radical (unpaired) electrons. The number of nitrogens with one attached hydrogen (secondary N) is 1. The van der Waals surface area contributed by atoms with Gasteiger partial charge in [-0.1, -0.05) is 0 Å². The quantitative estimate of drug-likeness (QED) is 0.758. The average molecular weight is 253 g/mol. The molecule has 94 valence electrons. The van der Waals surface area contributed by atoms with Gasteiger partial charge in [-0.3, -0.25) is 4.98 Å². The molecule has 0 amide bonds. The Morgan fingerprint density at radius 1 is 0.947 bits per heavy atom. The van der Waals surface area contributed by atoms with E-state index in [9.17, 15) is 4.39 Å². The number of rotatable bonds is 2. The molecule has 2 heterocycles. The Labute approximate surface area is 110 Å². The Morgan fingerprint density at radius 3 is 2.32 bits per heavy atom. The van der Waals surface area contributed by atoms with Crippen LogP contribution in [0, 0.1) is 12.7 Å². The smallest absolute Gasteiger partial charge is 0.138 e. The summed E-state index contributed by atoms with van der Waals surface area (Å²) < 4.78 is 12.9. The van der Waals surface area contributed by atoms with E-state index in [0.29, 0.717) is 0 Å². The Bertz CT molecular complexity index is 687. The van der Waals surface area contributed by atoms with Crippen LogP contribution in [0.5, 0.6) is 0 Å². The first-order valence-corrected chi connectivity index (χ1v) is 5.97. The number of aromatic nitrogens is 3. The predicted molar refractivity (Wildman–Crippen MR) is 71.9 cm³/mol. The van der Waals surface area contributed by atoms with Gasteiger partial charge in [-0.05, 0) is 43.3 Å². The molecule has 0 atom stereocenters. The molecule has 0 bridgehead atoms. The van der Waals surface area contributed by atoms with Gasteiger partial charge in [0.05, 0.1) is 11.4 Å². The van der Waals surface area contributed by atoms with Crippen LogP contribution in [0.4, 0.5) is 4.39 Å². The van der Waals surface area contributed by atoms with Crippen molar-refractivity contribution >= 4 is 0 Å². The molecule has 2 aromatic heterocycles. The number of benzene rings is 1. The number of H-pyrrole nitrogens is 1. The number of pyridine rings is 1. The van der Waals surface area contributed by atoms with Crippen molar-refractivity contribution in [2.45, 2.75) is 6.92 Å². The van der Waals surface area contributed by atoms with E-state index in [1.54, 1.807) is 24.5 Å². The van der Waals surface area contributed by atoms with Crippen molar-refractivity contribution in [3.05, 3.63) is 60.3 Å². The zero-order chi connectivity index (χ0) is 13.2. The topological polar surface area (TPSA) is 41.6 Å². The van der Waals surface area contributed by atoms with Gasteiger partial charge in [0.15, 0.2) is 0 Å². The Hall–Kier alpha value is -2.49. The summed E-state index contributed by atoms with van der Waals surface area (Å²) in [5.41, 5.74) is 3.77. The molecule has 1 N–H and O–H groups in total. The van der Waals surface area contributed by atoms with E-state index in [2.05, 4.69) is 15.0 Å². The number of aromatic amines is 1. The average Bonchev–Trinajstić information content (AvgIpc) is 2.83. The SMILES string of the molecule is Cc1nc(-c2ccc(F)cc2)[nH]c1-c1ccncc1. The zero-order valence-electron chi connectivity index (χ0n) is 10.4. The number of aryl methyl sites for hydroxylation is 1. The van der Waals surface area contributed by atoms with Crippen LogP contribution in [0.3, 0.4) is 0 Å². The summed E-state index contributed by atoms with van der Waals surface area (Å²) in [6.45, 7) is 1.94. The molecule has 0 aliphatic carbocycles. The molecule has 3 nitrogen and oxygen atoms in total. The molecule has 0 saturated carbocycles. The standard InChI is InChI=1S/C15H12FN3/c1-10-14(11-6-8-17-9-7-11)19-15(18-10)12-2-4-13(16)5-3-12/h2-9H,1H3,(H,18,19). The lowest BCUT2D eigenvalue weighted by Crippen LogP contribution is -1.82. The normalized spacial score (nSPS) is 10.6. The van der Waals surface area contributed by atoms with Crippen LogP contribution in [0.2, 0.25) is 0 Å². The van der Waals surface area contributed by atoms with Gasteiger partial charge in [0.1, 0.15) is 11.6 Å². The first-order chi connectivity index (χ1) is 9.24. The van der Waals surface area contributed by atoms with Crippen molar-refractivity contribution in [2.24, 2.45) is 0 Å². The molecular formula is C15H12FN3. The number of hydrogen-bond acceptors (Lipinski definition) is 2. The van der Waals surface area contributed by atoms with Gasteiger partial charge in [0.2, 0.25) is 0 Å². The monoisotopic (exact) mass is 253 g/mol.